The van der Waals surface area contributed by atoms with Gasteiger partial charge in [0, 0.05) is 4.91 Å². The Hall–Kier alpha value is -2.09. The van der Waals surface area contributed by atoms with Crippen LogP contribution in [0.4, 0.5) is 4.79 Å². The average molecular weight is 460 g/mol. The first-order valence-electron chi connectivity index (χ1n) is 12.2. The Morgan fingerprint density at radius 2 is 2.06 bits per heavy atom. The number of carbonyl (C=O) groups is 1. The summed E-state index contributed by atoms with van der Waals surface area (Å²) in [5.41, 5.74) is 12.1. The third kappa shape index (κ3) is 3.47. The number of azide groups is 1. The third-order valence-corrected chi connectivity index (χ3v) is 9.64. The highest BCUT2D eigenvalue weighted by atomic mass is 16.5. The van der Waals surface area contributed by atoms with Crippen molar-refractivity contribution in [2.45, 2.75) is 90.4 Å². The van der Waals surface area contributed by atoms with E-state index in [0.717, 1.165) is 38.5 Å². The largest absolute Gasteiger partial charge is 0.449 e. The molecule has 1 amide bonds. The minimum Gasteiger partial charge on any atom is -0.449 e. The number of amides is 1. The van der Waals surface area contributed by atoms with Crippen molar-refractivity contribution >= 4 is 11.8 Å². The van der Waals surface area contributed by atoms with E-state index in [4.69, 9.17) is 4.74 Å². The van der Waals surface area contributed by atoms with Crippen molar-refractivity contribution in [2.24, 2.45) is 38.8 Å². The zero-order valence-corrected chi connectivity index (χ0v) is 20.1. The second kappa shape index (κ2) is 8.60. The summed E-state index contributed by atoms with van der Waals surface area (Å²) < 4.78 is 4.90. The van der Waals surface area contributed by atoms with Crippen LogP contribution in [0.2, 0.25) is 0 Å². The van der Waals surface area contributed by atoms with Gasteiger partial charge in [0.25, 0.3) is 0 Å². The van der Waals surface area contributed by atoms with Crippen molar-refractivity contribution in [3.63, 3.8) is 0 Å². The number of hydrogen-bond acceptors (Lipinski definition) is 6. The molecule has 4 aliphatic carbocycles. The van der Waals surface area contributed by atoms with Gasteiger partial charge in [0.05, 0.1) is 24.5 Å². The first-order valence-corrected chi connectivity index (χ1v) is 12.2. The molecule has 0 radical (unpaired) electrons. The van der Waals surface area contributed by atoms with Crippen molar-refractivity contribution in [3.8, 4) is 0 Å². The fraction of sp³-hybridized carbons (Fsp3) is 0.833. The Labute approximate surface area is 195 Å². The number of hydrazone groups is 1. The van der Waals surface area contributed by atoms with Crippen LogP contribution >= 0.6 is 0 Å². The van der Waals surface area contributed by atoms with Crippen LogP contribution in [0.1, 0.15) is 72.6 Å². The lowest BCUT2D eigenvalue weighted by molar-refractivity contribution is -0.0474. The number of rotatable bonds is 4. The maximum absolute atomic E-state index is 11.8. The Kier molecular flexibility index (Phi) is 6.27. The summed E-state index contributed by atoms with van der Waals surface area (Å²) in [6.07, 6.45) is 6.31. The molecule has 182 valence electrons. The summed E-state index contributed by atoms with van der Waals surface area (Å²) in [6, 6.07) is 0. The highest BCUT2D eigenvalue weighted by Crippen LogP contribution is 2.68. The Bertz CT molecular complexity index is 915. The molecule has 0 aromatic rings. The summed E-state index contributed by atoms with van der Waals surface area (Å²) in [5, 5.41) is 30.1. The number of nitrogens with zero attached hydrogens (tertiary/aromatic N) is 4. The van der Waals surface area contributed by atoms with E-state index in [1.54, 1.807) is 13.8 Å². The van der Waals surface area contributed by atoms with E-state index in [1.807, 2.05) is 0 Å². The molecule has 0 heterocycles. The zero-order chi connectivity index (χ0) is 24.0. The van der Waals surface area contributed by atoms with Crippen LogP contribution in [-0.2, 0) is 4.74 Å². The lowest BCUT2D eigenvalue weighted by atomic mass is 9.46. The van der Waals surface area contributed by atoms with Crippen LogP contribution in [0, 0.1) is 28.6 Å². The van der Waals surface area contributed by atoms with Crippen LogP contribution in [0.5, 0.6) is 0 Å². The summed E-state index contributed by atoms with van der Waals surface area (Å²) in [6.45, 7) is 8.12. The number of fused-ring (bicyclic) bond motifs is 5. The molecule has 8 unspecified atom stereocenters. The minimum absolute atomic E-state index is 0.0762. The Balaban J connectivity index is 1.70. The average Bonchev–Trinajstić information content (AvgIpc) is 3.00. The molecule has 0 aromatic carbocycles. The number of ether oxygens (including phenoxy) is 1. The van der Waals surface area contributed by atoms with E-state index in [9.17, 15) is 20.5 Å². The van der Waals surface area contributed by atoms with Crippen LogP contribution < -0.4 is 5.43 Å². The van der Waals surface area contributed by atoms with Gasteiger partial charge in [-0.1, -0.05) is 30.6 Å². The molecular formula is C24H37N5O4. The van der Waals surface area contributed by atoms with Gasteiger partial charge >= 0.3 is 6.09 Å². The van der Waals surface area contributed by atoms with Gasteiger partial charge in [-0.15, -0.1) is 0 Å². The first-order chi connectivity index (χ1) is 15.6. The molecule has 9 heteroatoms. The predicted octanol–water partition coefficient (Wildman–Crippen LogP) is 4.45. The summed E-state index contributed by atoms with van der Waals surface area (Å²) in [5.74, 6) is 1.00. The molecule has 9 nitrogen and oxygen atoms in total. The molecule has 4 rings (SSSR count). The van der Waals surface area contributed by atoms with Crippen molar-refractivity contribution in [2.75, 3.05) is 6.61 Å². The molecule has 0 bridgehead atoms. The number of carbonyl (C=O) groups excluding carboxylic acids is 1. The van der Waals surface area contributed by atoms with Gasteiger partial charge in [0.15, 0.2) is 0 Å². The quantitative estimate of drug-likeness (QED) is 0.143. The molecule has 0 aliphatic heterocycles. The second-order valence-corrected chi connectivity index (χ2v) is 10.8. The zero-order valence-electron chi connectivity index (χ0n) is 20.1. The summed E-state index contributed by atoms with van der Waals surface area (Å²) in [7, 11) is 0. The number of nitrogens with one attached hydrogen (secondary N) is 1. The van der Waals surface area contributed by atoms with Crippen LogP contribution in [0.25, 0.3) is 10.4 Å². The van der Waals surface area contributed by atoms with E-state index in [0.29, 0.717) is 24.0 Å². The SMILES string of the molecule is CCOC(=O)N/N=C(\C)C1(N=[N+]=[N-])C(O)CC2C3CC=C4CC(O)CCC4(C)C3CCC21C. The smallest absolute Gasteiger partial charge is 0.427 e. The lowest BCUT2D eigenvalue weighted by Gasteiger charge is -2.59. The molecule has 33 heavy (non-hydrogen) atoms. The van der Waals surface area contributed by atoms with Gasteiger partial charge in [-0.25, -0.2) is 10.2 Å². The first kappa shape index (κ1) is 24.0. The van der Waals surface area contributed by atoms with E-state index in [2.05, 4.69) is 40.5 Å². The fourth-order valence-electron chi connectivity index (χ4n) is 8.02. The summed E-state index contributed by atoms with van der Waals surface area (Å²) in [4.78, 5) is 15.0. The standard InChI is InChI=1S/C24H37N5O4/c1-5-33-21(32)27-26-14(2)24(28-29-25)20(31)13-19-17-7-6-15-12-16(30)8-10-22(15,3)18(17)9-11-23(19,24)4/h6,16-20,30-31H,5,7-13H2,1-4H3,(H,27,32)/b26-14+. The highest BCUT2D eigenvalue weighted by Gasteiger charge is 2.68. The van der Waals surface area contributed by atoms with E-state index in [1.165, 1.54) is 5.57 Å². The number of hydrogen-bond donors (Lipinski definition) is 3. The molecule has 0 saturated heterocycles. The van der Waals surface area contributed by atoms with Gasteiger partial charge in [-0.05, 0) is 92.9 Å². The van der Waals surface area contributed by atoms with E-state index < -0.39 is 23.2 Å². The molecule has 3 N–H and O–H groups in total. The van der Waals surface area contributed by atoms with Crippen molar-refractivity contribution < 1.29 is 19.7 Å². The number of allylic oxidation sites excluding steroid dienone is 1. The molecule has 4 aliphatic rings. The number of aliphatic hydroxyl groups excluding tert-OH is 2. The Morgan fingerprint density at radius 3 is 2.76 bits per heavy atom. The van der Waals surface area contributed by atoms with Crippen LogP contribution in [0.15, 0.2) is 21.9 Å². The fourth-order valence-corrected chi connectivity index (χ4v) is 8.02. The summed E-state index contributed by atoms with van der Waals surface area (Å²) >= 11 is 0. The van der Waals surface area contributed by atoms with Crippen LogP contribution in [0.3, 0.4) is 0 Å². The van der Waals surface area contributed by atoms with E-state index in [-0.39, 0.29) is 24.0 Å². The van der Waals surface area contributed by atoms with Crippen molar-refractivity contribution in [1.82, 2.24) is 5.43 Å². The molecule has 3 fully saturated rings. The predicted molar refractivity (Wildman–Crippen MR) is 124 cm³/mol. The molecule has 0 aromatic heterocycles. The maximum Gasteiger partial charge on any atom is 0.427 e. The Morgan fingerprint density at radius 1 is 1.30 bits per heavy atom. The molecule has 3 saturated carbocycles. The maximum atomic E-state index is 11.8. The highest BCUT2D eigenvalue weighted by molar-refractivity contribution is 5.94. The lowest BCUT2D eigenvalue weighted by Crippen LogP contribution is -2.58. The van der Waals surface area contributed by atoms with Crippen LogP contribution in [-0.4, -0.2) is 46.4 Å². The second-order valence-electron chi connectivity index (χ2n) is 10.8. The topological polar surface area (TPSA) is 140 Å². The van der Waals surface area contributed by atoms with Crippen molar-refractivity contribution in [1.29, 1.82) is 0 Å². The van der Waals surface area contributed by atoms with Gasteiger partial charge in [0.1, 0.15) is 5.54 Å². The van der Waals surface area contributed by atoms with Gasteiger partial charge in [-0.3, -0.25) is 0 Å². The van der Waals surface area contributed by atoms with Gasteiger partial charge in [0.2, 0.25) is 0 Å². The van der Waals surface area contributed by atoms with Gasteiger partial charge < -0.3 is 14.9 Å². The molecule has 8 atom stereocenters. The van der Waals surface area contributed by atoms with Gasteiger partial charge in [-0.2, -0.15) is 5.10 Å². The van der Waals surface area contributed by atoms with E-state index >= 15 is 0 Å². The third-order valence-electron chi connectivity index (χ3n) is 9.64. The normalized spacial score (nSPS) is 44.5. The molecular weight excluding hydrogens is 422 g/mol. The number of aliphatic hydroxyl groups is 2. The van der Waals surface area contributed by atoms with Crippen molar-refractivity contribution in [3.05, 3.63) is 22.1 Å². The minimum atomic E-state index is -1.23. The molecule has 0 spiro atoms. The monoisotopic (exact) mass is 459 g/mol.